The van der Waals surface area contributed by atoms with Gasteiger partial charge in [-0.25, -0.2) is 9.90 Å². The van der Waals surface area contributed by atoms with Gasteiger partial charge in [-0.3, -0.25) is 4.79 Å². The van der Waals surface area contributed by atoms with Gasteiger partial charge in [-0.15, -0.1) is 11.3 Å². The van der Waals surface area contributed by atoms with Crippen LogP contribution in [0.2, 0.25) is 0 Å². The summed E-state index contributed by atoms with van der Waals surface area (Å²) in [5.74, 6) is 0.575. The number of nitrogens with zero attached hydrogens (tertiary/aromatic N) is 1. The molecule has 4 rings (SSSR count). The van der Waals surface area contributed by atoms with Crippen LogP contribution in [-0.2, 0) is 9.57 Å². The topological polar surface area (TPSA) is 48.0 Å². The summed E-state index contributed by atoms with van der Waals surface area (Å²) in [6.07, 6.45) is -0.936. The van der Waals surface area contributed by atoms with E-state index in [4.69, 9.17) is 14.3 Å². The average Bonchev–Trinajstić information content (AvgIpc) is 3.28. The normalized spacial score (nSPS) is 19.6. The van der Waals surface area contributed by atoms with E-state index in [2.05, 4.69) is 0 Å². The van der Waals surface area contributed by atoms with E-state index in [1.165, 1.54) is 16.4 Å². The largest absolute Gasteiger partial charge is 0.491 e. The van der Waals surface area contributed by atoms with Crippen LogP contribution < -0.4 is 4.74 Å². The van der Waals surface area contributed by atoms with Gasteiger partial charge in [0.05, 0.1) is 11.4 Å². The van der Waals surface area contributed by atoms with Crippen molar-refractivity contribution in [3.8, 4) is 5.75 Å². The van der Waals surface area contributed by atoms with Crippen molar-refractivity contribution in [1.29, 1.82) is 0 Å². The van der Waals surface area contributed by atoms with E-state index in [9.17, 15) is 4.79 Å². The second-order valence-corrected chi connectivity index (χ2v) is 7.05. The van der Waals surface area contributed by atoms with Gasteiger partial charge in [0.15, 0.2) is 0 Å². The van der Waals surface area contributed by atoms with Gasteiger partial charge in [-0.1, -0.05) is 42.5 Å². The highest BCUT2D eigenvalue weighted by Gasteiger charge is 2.34. The molecule has 1 saturated heterocycles. The van der Waals surface area contributed by atoms with Crippen molar-refractivity contribution in [2.75, 3.05) is 13.2 Å². The van der Waals surface area contributed by atoms with Crippen LogP contribution in [0.3, 0.4) is 0 Å². The van der Waals surface area contributed by atoms with Crippen LogP contribution in [0.4, 0.5) is 0 Å². The molecule has 2 atom stereocenters. The molecule has 1 aromatic heterocycles. The zero-order valence-electron chi connectivity index (χ0n) is 14.6. The number of hydrogen-bond donors (Lipinski definition) is 0. The predicted octanol–water partition coefficient (Wildman–Crippen LogP) is 4.30. The molecule has 0 unspecified atom stereocenters. The van der Waals surface area contributed by atoms with E-state index in [0.717, 1.165) is 10.6 Å². The second-order valence-electron chi connectivity index (χ2n) is 6.07. The lowest BCUT2D eigenvalue weighted by Crippen LogP contribution is -2.47. The summed E-state index contributed by atoms with van der Waals surface area (Å²) in [6.45, 7) is 0.621. The Morgan fingerprint density at radius 3 is 2.48 bits per heavy atom. The molecular weight excluding hydrogens is 362 g/mol. The van der Waals surface area contributed by atoms with Gasteiger partial charge in [0.1, 0.15) is 18.5 Å². The number of amides is 1. The van der Waals surface area contributed by atoms with Crippen LogP contribution in [0.15, 0.2) is 78.2 Å². The zero-order chi connectivity index (χ0) is 18.5. The molecule has 1 fully saturated rings. The Morgan fingerprint density at radius 2 is 1.78 bits per heavy atom. The first kappa shape index (κ1) is 17.7. The van der Waals surface area contributed by atoms with Crippen molar-refractivity contribution in [3.05, 3.63) is 88.6 Å². The molecule has 5 nitrogen and oxygen atoms in total. The fourth-order valence-electron chi connectivity index (χ4n) is 2.78. The minimum Gasteiger partial charge on any atom is -0.491 e. The molecule has 27 heavy (non-hydrogen) atoms. The van der Waals surface area contributed by atoms with Crippen molar-refractivity contribution in [2.24, 2.45) is 0 Å². The predicted molar refractivity (Wildman–Crippen MR) is 102 cm³/mol. The van der Waals surface area contributed by atoms with E-state index in [0.29, 0.717) is 18.7 Å². The molecule has 0 aliphatic carbocycles. The van der Waals surface area contributed by atoms with Gasteiger partial charge in [0.2, 0.25) is 6.29 Å². The molecule has 1 aliphatic heterocycles. The highest BCUT2D eigenvalue weighted by Crippen LogP contribution is 2.30. The third kappa shape index (κ3) is 4.36. The van der Waals surface area contributed by atoms with Gasteiger partial charge < -0.3 is 9.47 Å². The van der Waals surface area contributed by atoms with Crippen LogP contribution in [-0.4, -0.2) is 30.2 Å². The van der Waals surface area contributed by atoms with Gasteiger partial charge in [-0.2, -0.15) is 0 Å². The van der Waals surface area contributed by atoms with Gasteiger partial charge in [0.25, 0.3) is 5.91 Å². The molecule has 2 aromatic carbocycles. The third-order valence-electron chi connectivity index (χ3n) is 4.11. The third-order valence-corrected chi connectivity index (χ3v) is 5.00. The minimum absolute atomic E-state index is 0.190. The van der Waals surface area contributed by atoms with E-state index < -0.39 is 6.29 Å². The Kier molecular flexibility index (Phi) is 5.48. The average molecular weight is 381 g/mol. The lowest BCUT2D eigenvalue weighted by atomic mass is 10.2. The van der Waals surface area contributed by atoms with Crippen LogP contribution >= 0.6 is 11.3 Å². The first-order valence-corrected chi connectivity index (χ1v) is 9.58. The number of carbonyl (C=O) groups excluding carboxylic acids is 1. The van der Waals surface area contributed by atoms with Crippen molar-refractivity contribution in [2.45, 2.75) is 12.4 Å². The maximum atomic E-state index is 12.8. The van der Waals surface area contributed by atoms with Crippen LogP contribution in [0, 0.1) is 0 Å². The molecule has 0 N–H and O–H groups in total. The summed E-state index contributed by atoms with van der Waals surface area (Å²) < 4.78 is 11.9. The maximum absolute atomic E-state index is 12.8. The molecule has 3 aromatic rings. The number of rotatable bonds is 5. The Hall–Kier alpha value is -2.67. The van der Waals surface area contributed by atoms with Crippen LogP contribution in [0.1, 0.15) is 21.5 Å². The van der Waals surface area contributed by atoms with Gasteiger partial charge >= 0.3 is 0 Å². The van der Waals surface area contributed by atoms with Crippen molar-refractivity contribution in [1.82, 2.24) is 5.06 Å². The van der Waals surface area contributed by atoms with Crippen molar-refractivity contribution >= 4 is 17.2 Å². The number of thiophene rings is 1. The Labute approximate surface area is 161 Å². The fraction of sp³-hybridized carbons (Fsp3) is 0.190. The van der Waals surface area contributed by atoms with Crippen LogP contribution in [0.25, 0.3) is 0 Å². The molecule has 6 heteroatoms. The van der Waals surface area contributed by atoms with Gasteiger partial charge in [0, 0.05) is 5.56 Å². The molecule has 1 aliphatic rings. The van der Waals surface area contributed by atoms with E-state index in [-0.39, 0.29) is 12.0 Å². The van der Waals surface area contributed by atoms with E-state index in [1.807, 2.05) is 66.0 Å². The summed E-state index contributed by atoms with van der Waals surface area (Å²) in [7, 11) is 0. The number of benzene rings is 2. The standard InChI is InChI=1S/C21H19NO4S/c23-20(16-8-3-1-4-9-16)22-14-18(15-24-17-10-5-2-6-11-17)25-21(26-22)19-12-7-13-27-19/h1-13,18,21H,14-15H2/t18-,21-/m1/s1. The number of para-hydroxylation sites is 1. The Bertz CT molecular complexity index is 854. The number of ether oxygens (including phenoxy) is 2. The lowest BCUT2D eigenvalue weighted by molar-refractivity contribution is -0.324. The Morgan fingerprint density at radius 1 is 1.04 bits per heavy atom. The molecule has 1 amide bonds. The SMILES string of the molecule is O=C(c1ccccc1)N1C[C@H](COc2ccccc2)O[C@@H](c2cccs2)O1. The molecule has 138 valence electrons. The number of carbonyl (C=O) groups is 1. The van der Waals surface area contributed by atoms with E-state index >= 15 is 0 Å². The minimum atomic E-state index is -0.629. The lowest BCUT2D eigenvalue weighted by Gasteiger charge is -2.36. The maximum Gasteiger partial charge on any atom is 0.277 e. The molecule has 2 heterocycles. The Balaban J connectivity index is 1.50. The first-order valence-electron chi connectivity index (χ1n) is 8.70. The number of hydroxylamine groups is 2. The smallest absolute Gasteiger partial charge is 0.277 e. The first-order chi connectivity index (χ1) is 13.3. The van der Waals surface area contributed by atoms with Gasteiger partial charge in [-0.05, 0) is 35.7 Å². The fourth-order valence-corrected chi connectivity index (χ4v) is 3.47. The highest BCUT2D eigenvalue weighted by molar-refractivity contribution is 7.10. The summed E-state index contributed by atoms with van der Waals surface area (Å²) in [4.78, 5) is 19.6. The molecule has 0 spiro atoms. The van der Waals surface area contributed by atoms with Crippen molar-refractivity contribution in [3.63, 3.8) is 0 Å². The summed E-state index contributed by atoms with van der Waals surface area (Å²) in [5, 5.41) is 3.33. The quantitative estimate of drug-likeness (QED) is 0.661. The number of hydrogen-bond acceptors (Lipinski definition) is 5. The monoisotopic (exact) mass is 381 g/mol. The summed E-state index contributed by atoms with van der Waals surface area (Å²) >= 11 is 1.53. The van der Waals surface area contributed by atoms with E-state index in [1.54, 1.807) is 12.1 Å². The highest BCUT2D eigenvalue weighted by atomic mass is 32.1. The zero-order valence-corrected chi connectivity index (χ0v) is 15.4. The van der Waals surface area contributed by atoms with Crippen LogP contribution in [0.5, 0.6) is 5.75 Å². The van der Waals surface area contributed by atoms with Crippen molar-refractivity contribution < 1.29 is 19.1 Å². The molecular formula is C21H19NO4S. The molecule has 0 bridgehead atoms. The molecule has 0 radical (unpaired) electrons. The molecule has 0 saturated carbocycles. The summed E-state index contributed by atoms with van der Waals surface area (Å²) in [6, 6.07) is 22.5. The summed E-state index contributed by atoms with van der Waals surface area (Å²) in [5.41, 5.74) is 0.576. The second kappa shape index (κ2) is 8.35.